The number of aliphatic hydroxyl groups is 2. The number of amides is 3. The number of carbonyl (C=O) groups is 5. The number of benzene rings is 2. The van der Waals surface area contributed by atoms with Gasteiger partial charge in [-0.25, -0.2) is 14.6 Å². The van der Waals surface area contributed by atoms with Crippen molar-refractivity contribution >= 4 is 35.4 Å². The maximum Gasteiger partial charge on any atom is 0.335 e. The van der Waals surface area contributed by atoms with E-state index in [0.717, 1.165) is 16.8 Å². The SMILES string of the molecule is CN1N=C2CCN(C(=O)C(COCc3ccccc3)NC(=O)C(C)(C)N)C[C@@]2(Cc2ccccc2)C1=O.O=C(O)C(O)C(O)C(=O)O. The largest absolute Gasteiger partial charge is 0.479 e. The first-order valence-electron chi connectivity index (χ1n) is 14.8. The first-order chi connectivity index (χ1) is 22.1. The number of aliphatic carboxylic acids is 2. The van der Waals surface area contributed by atoms with Crippen LogP contribution in [-0.2, 0) is 41.7 Å². The van der Waals surface area contributed by atoms with E-state index in [0.29, 0.717) is 26.0 Å². The van der Waals surface area contributed by atoms with E-state index in [1.807, 2.05) is 60.7 Å². The Balaban J connectivity index is 0.000000520. The van der Waals surface area contributed by atoms with Crippen molar-refractivity contribution in [3.63, 3.8) is 0 Å². The Morgan fingerprint density at radius 2 is 1.51 bits per heavy atom. The number of ether oxygens (including phenoxy) is 1. The number of hydrogen-bond donors (Lipinski definition) is 6. The Kier molecular flexibility index (Phi) is 12.3. The zero-order chi connectivity index (χ0) is 34.9. The molecule has 2 aliphatic heterocycles. The van der Waals surface area contributed by atoms with E-state index in [-0.39, 0.29) is 25.0 Å². The van der Waals surface area contributed by atoms with E-state index in [4.69, 9.17) is 30.9 Å². The highest BCUT2D eigenvalue weighted by molar-refractivity contribution is 6.13. The Morgan fingerprint density at radius 3 is 2.02 bits per heavy atom. The van der Waals surface area contributed by atoms with E-state index in [1.54, 1.807) is 25.8 Å². The Morgan fingerprint density at radius 1 is 0.979 bits per heavy atom. The molecule has 254 valence electrons. The molecule has 2 aromatic rings. The molecule has 0 radical (unpaired) electrons. The highest BCUT2D eigenvalue weighted by Gasteiger charge is 2.54. The second-order valence-electron chi connectivity index (χ2n) is 11.9. The van der Waals surface area contributed by atoms with Gasteiger partial charge in [-0.3, -0.25) is 14.4 Å². The molecule has 1 fully saturated rings. The smallest absolute Gasteiger partial charge is 0.335 e. The molecule has 2 aliphatic rings. The van der Waals surface area contributed by atoms with E-state index >= 15 is 0 Å². The molecule has 0 saturated carbocycles. The molecule has 0 aliphatic carbocycles. The predicted molar refractivity (Wildman–Crippen MR) is 168 cm³/mol. The maximum atomic E-state index is 13.8. The van der Waals surface area contributed by atoms with Gasteiger partial charge in [0.15, 0.2) is 12.2 Å². The van der Waals surface area contributed by atoms with E-state index in [1.165, 1.54) is 5.01 Å². The lowest BCUT2D eigenvalue weighted by molar-refractivity contribution is -0.165. The predicted octanol–water partition coefficient (Wildman–Crippen LogP) is -0.408. The van der Waals surface area contributed by atoms with Crippen LogP contribution in [0.5, 0.6) is 0 Å². The van der Waals surface area contributed by atoms with Crippen LogP contribution >= 0.6 is 0 Å². The maximum absolute atomic E-state index is 13.8. The third-order valence-corrected chi connectivity index (χ3v) is 7.66. The lowest BCUT2D eigenvalue weighted by atomic mass is 9.73. The van der Waals surface area contributed by atoms with Crippen molar-refractivity contribution in [2.75, 3.05) is 26.7 Å². The Bertz CT molecular complexity index is 1450. The molecule has 15 heteroatoms. The average molecular weight is 656 g/mol. The number of rotatable bonds is 12. The van der Waals surface area contributed by atoms with Crippen LogP contribution in [-0.4, -0.2) is 116 Å². The van der Waals surface area contributed by atoms with Gasteiger partial charge in [0.2, 0.25) is 11.8 Å². The number of hydrazone groups is 1. The van der Waals surface area contributed by atoms with Crippen molar-refractivity contribution in [2.45, 2.75) is 57.1 Å². The van der Waals surface area contributed by atoms with Crippen molar-refractivity contribution in [3.8, 4) is 0 Å². The van der Waals surface area contributed by atoms with E-state index in [2.05, 4.69) is 10.4 Å². The van der Waals surface area contributed by atoms with Crippen LogP contribution in [0, 0.1) is 5.41 Å². The monoisotopic (exact) mass is 655 g/mol. The van der Waals surface area contributed by atoms with Gasteiger partial charge >= 0.3 is 11.9 Å². The van der Waals surface area contributed by atoms with Crippen molar-refractivity contribution in [3.05, 3.63) is 71.8 Å². The normalized spacial score (nSPS) is 19.4. The van der Waals surface area contributed by atoms with E-state index < -0.39 is 47.0 Å². The third kappa shape index (κ3) is 9.42. The molecule has 3 amide bonds. The Labute approximate surface area is 271 Å². The summed E-state index contributed by atoms with van der Waals surface area (Å²) in [6.07, 6.45) is -3.62. The lowest BCUT2D eigenvalue weighted by Gasteiger charge is -2.40. The third-order valence-electron chi connectivity index (χ3n) is 7.66. The fraction of sp³-hybridized carbons (Fsp3) is 0.438. The summed E-state index contributed by atoms with van der Waals surface area (Å²) in [5.74, 6) is -4.43. The fourth-order valence-corrected chi connectivity index (χ4v) is 5.09. The number of carbonyl (C=O) groups excluding carboxylic acids is 3. The van der Waals surface area contributed by atoms with Crippen LogP contribution in [0.15, 0.2) is 65.8 Å². The molecule has 47 heavy (non-hydrogen) atoms. The summed E-state index contributed by atoms with van der Waals surface area (Å²) in [6.45, 7) is 4.02. The molecule has 3 unspecified atom stereocenters. The molecule has 15 nitrogen and oxygen atoms in total. The van der Waals surface area contributed by atoms with Gasteiger partial charge < -0.3 is 41.1 Å². The number of nitrogens with one attached hydrogen (secondary N) is 1. The van der Waals surface area contributed by atoms with Gasteiger partial charge in [-0.2, -0.15) is 5.10 Å². The van der Waals surface area contributed by atoms with Gasteiger partial charge in [-0.05, 0) is 31.4 Å². The van der Waals surface area contributed by atoms with Crippen molar-refractivity contribution in [2.24, 2.45) is 16.3 Å². The van der Waals surface area contributed by atoms with Gasteiger partial charge in [-0.1, -0.05) is 60.7 Å². The summed E-state index contributed by atoms with van der Waals surface area (Å²) in [5, 5.41) is 41.2. The van der Waals surface area contributed by atoms with Crippen LogP contribution in [0.25, 0.3) is 0 Å². The number of piperidine rings is 1. The molecule has 2 heterocycles. The first-order valence-corrected chi connectivity index (χ1v) is 14.8. The molecule has 2 aromatic carbocycles. The van der Waals surface area contributed by atoms with Crippen molar-refractivity contribution in [1.82, 2.24) is 15.2 Å². The highest BCUT2D eigenvalue weighted by atomic mass is 16.5. The van der Waals surface area contributed by atoms with Crippen LogP contribution in [0.1, 0.15) is 31.4 Å². The number of hydrogen-bond acceptors (Lipinski definition) is 10. The number of nitrogens with two attached hydrogens (primary N) is 1. The molecule has 1 saturated heterocycles. The minimum absolute atomic E-state index is 0.0213. The van der Waals surface area contributed by atoms with Crippen LogP contribution in [0.3, 0.4) is 0 Å². The molecule has 0 spiro atoms. The molecular formula is C32H41N5O10. The number of carboxylic acids is 2. The zero-order valence-corrected chi connectivity index (χ0v) is 26.4. The van der Waals surface area contributed by atoms with Crippen LogP contribution in [0.4, 0.5) is 0 Å². The van der Waals surface area contributed by atoms with Crippen molar-refractivity contribution in [1.29, 1.82) is 0 Å². The summed E-state index contributed by atoms with van der Waals surface area (Å²) in [7, 11) is 1.65. The molecule has 0 aromatic heterocycles. The average Bonchev–Trinajstić information content (AvgIpc) is 3.28. The number of nitrogens with zero attached hydrogens (tertiary/aromatic N) is 3. The molecule has 4 rings (SSSR count). The number of fused-ring (bicyclic) bond motifs is 1. The molecule has 0 bridgehead atoms. The number of likely N-dealkylation sites (tertiary alicyclic amines) is 1. The van der Waals surface area contributed by atoms with Gasteiger partial charge in [0.25, 0.3) is 5.91 Å². The summed E-state index contributed by atoms with van der Waals surface area (Å²) in [5.41, 5.74) is 6.63. The van der Waals surface area contributed by atoms with Crippen molar-refractivity contribution < 1.29 is 49.1 Å². The number of carboxylic acid groups (broad SMARTS) is 2. The minimum atomic E-state index is -2.27. The Hall–Kier alpha value is -4.70. The second-order valence-corrected chi connectivity index (χ2v) is 11.9. The quantitative estimate of drug-likeness (QED) is 0.172. The molecular weight excluding hydrogens is 614 g/mol. The van der Waals surface area contributed by atoms with Gasteiger partial charge in [0.05, 0.1) is 24.5 Å². The summed E-state index contributed by atoms with van der Waals surface area (Å²) < 4.78 is 5.85. The second kappa shape index (κ2) is 15.7. The van der Waals surface area contributed by atoms with Crippen LogP contribution < -0.4 is 11.1 Å². The van der Waals surface area contributed by atoms with Crippen LogP contribution in [0.2, 0.25) is 0 Å². The summed E-state index contributed by atoms with van der Waals surface area (Å²) in [6, 6.07) is 18.4. The standard InChI is InChI=1S/C28H35N5O4.C4H6O6/c1-27(2,29)25(35)30-22(18-37-17-21-12-8-5-9-13-21)24(34)33-15-14-23-28(19-33,26(36)32(3)31-23)16-20-10-6-4-7-11-20;5-1(3(7)8)2(6)4(9)10/h4-13,22H,14-19,29H2,1-3H3,(H,30,35);1-2,5-6H,(H,7,8)(H,9,10)/t22?,28-;/m1./s1. The zero-order valence-electron chi connectivity index (χ0n) is 26.4. The first kappa shape index (κ1) is 36.8. The highest BCUT2D eigenvalue weighted by Crippen LogP contribution is 2.38. The van der Waals surface area contributed by atoms with Gasteiger partial charge in [-0.15, -0.1) is 0 Å². The number of aliphatic hydroxyl groups excluding tert-OH is 2. The van der Waals surface area contributed by atoms with Gasteiger partial charge in [0, 0.05) is 26.6 Å². The fourth-order valence-electron chi connectivity index (χ4n) is 5.09. The molecule has 4 atom stereocenters. The topological polar surface area (TPSA) is 232 Å². The summed E-state index contributed by atoms with van der Waals surface area (Å²) in [4.78, 5) is 61.1. The summed E-state index contributed by atoms with van der Waals surface area (Å²) >= 11 is 0. The van der Waals surface area contributed by atoms with E-state index in [9.17, 15) is 24.0 Å². The van der Waals surface area contributed by atoms with Gasteiger partial charge in [0.1, 0.15) is 11.5 Å². The minimum Gasteiger partial charge on any atom is -0.479 e. The molecule has 7 N–H and O–H groups in total. The lowest BCUT2D eigenvalue weighted by Crippen LogP contribution is -2.61.